The SMILES string of the molecule is Clc1ncc2n1C1CCCCC1C1NN=C(c3nc(C4CCCC4)no3)N21. The Balaban J connectivity index is 1.39. The zero-order valence-electron chi connectivity index (χ0n) is 15.0. The van der Waals surface area contributed by atoms with E-state index in [9.17, 15) is 0 Å². The maximum absolute atomic E-state index is 6.47. The molecule has 2 fully saturated rings. The van der Waals surface area contributed by atoms with E-state index in [0.29, 0.717) is 34.9 Å². The maximum atomic E-state index is 6.47. The number of hydrogen-bond donors (Lipinski definition) is 1. The molecule has 9 heteroatoms. The zero-order chi connectivity index (χ0) is 18.0. The average molecular weight is 388 g/mol. The van der Waals surface area contributed by atoms with Crippen molar-refractivity contribution in [3.8, 4) is 0 Å². The minimum Gasteiger partial charge on any atom is -0.330 e. The number of fused-ring (bicyclic) bond motifs is 6. The fourth-order valence-corrected chi connectivity index (χ4v) is 5.64. The third kappa shape index (κ3) is 2.28. The molecule has 2 saturated carbocycles. The van der Waals surface area contributed by atoms with Crippen LogP contribution in [0, 0.1) is 5.92 Å². The first-order valence-electron chi connectivity index (χ1n) is 10.0. The summed E-state index contributed by atoms with van der Waals surface area (Å²) in [4.78, 5) is 11.2. The number of hydrogen-bond acceptors (Lipinski definition) is 7. The van der Waals surface area contributed by atoms with Gasteiger partial charge >= 0.3 is 0 Å². The van der Waals surface area contributed by atoms with E-state index in [1.807, 2.05) is 6.20 Å². The first kappa shape index (κ1) is 15.9. The van der Waals surface area contributed by atoms with Crippen LogP contribution in [0.4, 0.5) is 5.82 Å². The molecule has 4 aliphatic rings. The Morgan fingerprint density at radius 2 is 1.93 bits per heavy atom. The molecule has 1 N–H and O–H groups in total. The predicted molar refractivity (Wildman–Crippen MR) is 99.7 cm³/mol. The van der Waals surface area contributed by atoms with Gasteiger partial charge in [0.1, 0.15) is 12.0 Å². The molecular weight excluding hydrogens is 366 g/mol. The molecule has 2 aromatic heterocycles. The highest BCUT2D eigenvalue weighted by atomic mass is 35.5. The summed E-state index contributed by atoms with van der Waals surface area (Å²) in [5.74, 6) is 3.77. The molecule has 0 bridgehead atoms. The highest BCUT2D eigenvalue weighted by Crippen LogP contribution is 2.47. The van der Waals surface area contributed by atoms with Crippen LogP contribution in [0.5, 0.6) is 0 Å². The Labute approximate surface area is 162 Å². The topological polar surface area (TPSA) is 84.4 Å². The summed E-state index contributed by atoms with van der Waals surface area (Å²) in [6.45, 7) is 0. The number of nitrogens with zero attached hydrogens (tertiary/aromatic N) is 6. The van der Waals surface area contributed by atoms with Crippen molar-refractivity contribution in [1.29, 1.82) is 0 Å². The fraction of sp³-hybridized carbons (Fsp3) is 0.667. The second kappa shape index (κ2) is 5.95. The van der Waals surface area contributed by atoms with Crippen LogP contribution < -0.4 is 10.3 Å². The highest BCUT2D eigenvalue weighted by Gasteiger charge is 2.48. The first-order valence-corrected chi connectivity index (χ1v) is 10.4. The van der Waals surface area contributed by atoms with E-state index >= 15 is 0 Å². The predicted octanol–water partition coefficient (Wildman–Crippen LogP) is 3.42. The van der Waals surface area contributed by atoms with Crippen molar-refractivity contribution in [2.24, 2.45) is 11.0 Å². The molecule has 4 heterocycles. The van der Waals surface area contributed by atoms with E-state index in [1.54, 1.807) is 0 Å². The molecule has 3 atom stereocenters. The van der Waals surface area contributed by atoms with Crippen molar-refractivity contribution < 1.29 is 4.52 Å². The molecule has 2 aromatic rings. The van der Waals surface area contributed by atoms with E-state index in [1.165, 1.54) is 25.7 Å². The molecule has 3 unspecified atom stereocenters. The van der Waals surface area contributed by atoms with Crippen LogP contribution in [-0.2, 0) is 0 Å². The van der Waals surface area contributed by atoms with Crippen molar-refractivity contribution in [2.45, 2.75) is 69.5 Å². The van der Waals surface area contributed by atoms with Crippen LogP contribution in [0.15, 0.2) is 15.8 Å². The molecule has 6 rings (SSSR count). The van der Waals surface area contributed by atoms with E-state index in [4.69, 9.17) is 21.1 Å². The van der Waals surface area contributed by atoms with Crippen LogP contribution in [0.2, 0.25) is 5.28 Å². The Kier molecular flexibility index (Phi) is 3.51. The van der Waals surface area contributed by atoms with E-state index < -0.39 is 0 Å². The minimum absolute atomic E-state index is 0.0902. The monoisotopic (exact) mass is 387 g/mol. The van der Waals surface area contributed by atoms with Gasteiger partial charge in [-0.05, 0) is 37.3 Å². The Bertz CT molecular complexity index is 899. The van der Waals surface area contributed by atoms with Gasteiger partial charge in [-0.3, -0.25) is 14.9 Å². The van der Waals surface area contributed by atoms with E-state index in [0.717, 1.165) is 37.3 Å². The number of amidine groups is 1. The third-order valence-corrected chi connectivity index (χ3v) is 6.94. The lowest BCUT2D eigenvalue weighted by molar-refractivity contribution is 0.176. The number of imidazole rings is 1. The van der Waals surface area contributed by atoms with Crippen LogP contribution in [0.25, 0.3) is 0 Å². The summed E-state index contributed by atoms with van der Waals surface area (Å²) in [5, 5.41) is 9.40. The number of rotatable bonds is 2. The summed E-state index contributed by atoms with van der Waals surface area (Å²) in [6.07, 6.45) is 11.4. The van der Waals surface area contributed by atoms with Gasteiger partial charge < -0.3 is 4.52 Å². The molecule has 142 valence electrons. The average Bonchev–Trinajstić information content (AvgIpc) is 3.46. The van der Waals surface area contributed by atoms with Gasteiger partial charge in [0.25, 0.3) is 5.89 Å². The first-order chi connectivity index (χ1) is 13.3. The second-order valence-corrected chi connectivity index (χ2v) is 8.43. The van der Waals surface area contributed by atoms with Crippen LogP contribution in [-0.4, -0.2) is 31.7 Å². The van der Waals surface area contributed by atoms with Gasteiger partial charge in [0.05, 0.1) is 6.20 Å². The number of anilines is 1. The highest BCUT2D eigenvalue weighted by molar-refractivity contribution is 6.28. The molecule has 8 nitrogen and oxygen atoms in total. The summed E-state index contributed by atoms with van der Waals surface area (Å²) < 4.78 is 7.80. The molecular formula is C18H22ClN7O. The summed E-state index contributed by atoms with van der Waals surface area (Å²) in [7, 11) is 0. The molecule has 2 aliphatic heterocycles. The quantitative estimate of drug-likeness (QED) is 0.849. The Morgan fingerprint density at radius 3 is 2.81 bits per heavy atom. The minimum atomic E-state index is 0.0902. The molecule has 0 aromatic carbocycles. The lowest BCUT2D eigenvalue weighted by Crippen LogP contribution is -2.53. The largest absolute Gasteiger partial charge is 0.330 e. The van der Waals surface area contributed by atoms with Crippen LogP contribution >= 0.6 is 11.6 Å². The van der Waals surface area contributed by atoms with Gasteiger partial charge in [0.2, 0.25) is 11.1 Å². The molecule has 0 amide bonds. The number of halogens is 1. The van der Waals surface area contributed by atoms with Crippen molar-refractivity contribution in [2.75, 3.05) is 4.90 Å². The van der Waals surface area contributed by atoms with Gasteiger partial charge in [-0.25, -0.2) is 4.98 Å². The van der Waals surface area contributed by atoms with Crippen LogP contribution in [0.3, 0.4) is 0 Å². The second-order valence-electron chi connectivity index (χ2n) is 8.09. The summed E-state index contributed by atoms with van der Waals surface area (Å²) in [5.41, 5.74) is 3.34. The van der Waals surface area contributed by atoms with E-state index in [-0.39, 0.29) is 6.17 Å². The van der Waals surface area contributed by atoms with Gasteiger partial charge in [0.15, 0.2) is 5.82 Å². The third-order valence-electron chi connectivity index (χ3n) is 6.66. The molecule has 0 radical (unpaired) electrons. The van der Waals surface area contributed by atoms with Gasteiger partial charge in [-0.1, -0.05) is 30.8 Å². The lowest BCUT2D eigenvalue weighted by atomic mass is 9.80. The summed E-state index contributed by atoms with van der Waals surface area (Å²) in [6, 6.07) is 0.365. The van der Waals surface area contributed by atoms with Gasteiger partial charge in [-0.2, -0.15) is 10.1 Å². The van der Waals surface area contributed by atoms with Crippen molar-refractivity contribution in [1.82, 2.24) is 25.1 Å². The molecule has 0 spiro atoms. The van der Waals surface area contributed by atoms with Crippen molar-refractivity contribution in [3.05, 3.63) is 23.2 Å². The number of hydrazone groups is 1. The van der Waals surface area contributed by atoms with Gasteiger partial charge in [0, 0.05) is 17.9 Å². The van der Waals surface area contributed by atoms with Gasteiger partial charge in [-0.15, -0.1) is 0 Å². The molecule has 0 saturated heterocycles. The smallest absolute Gasteiger partial charge is 0.295 e. The standard InChI is InChI=1S/C18H22ClN7O/c19-18-20-9-13-25(18)12-8-4-3-7-11(12)15-22-23-16(26(13)15)17-21-14(24-27-17)10-5-1-2-6-10/h9-12,15,22H,1-8H2. The Hall–Kier alpha value is -2.09. The molecule has 2 aliphatic carbocycles. The molecule has 27 heavy (non-hydrogen) atoms. The normalized spacial score (nSPS) is 29.9. The van der Waals surface area contributed by atoms with Crippen molar-refractivity contribution in [3.63, 3.8) is 0 Å². The summed E-state index contributed by atoms with van der Waals surface area (Å²) >= 11 is 6.47. The number of nitrogens with one attached hydrogen (secondary N) is 1. The lowest BCUT2D eigenvalue weighted by Gasteiger charge is -2.45. The Morgan fingerprint density at radius 1 is 1.11 bits per heavy atom. The van der Waals surface area contributed by atoms with E-state index in [2.05, 4.69) is 30.1 Å². The maximum Gasteiger partial charge on any atom is 0.295 e. The van der Waals surface area contributed by atoms with Crippen molar-refractivity contribution >= 4 is 23.3 Å². The van der Waals surface area contributed by atoms with Crippen LogP contribution in [0.1, 0.15) is 75.0 Å². The number of aromatic nitrogens is 4. The zero-order valence-corrected chi connectivity index (χ0v) is 15.8. The fourth-order valence-electron chi connectivity index (χ4n) is 5.38.